The van der Waals surface area contributed by atoms with Gasteiger partial charge in [0.15, 0.2) is 11.6 Å². The smallest absolute Gasteiger partial charge is 0.231 e. The number of nitrogen functional groups attached to an aromatic ring is 1. The van der Waals surface area contributed by atoms with Gasteiger partial charge in [0.1, 0.15) is 5.82 Å². The van der Waals surface area contributed by atoms with E-state index >= 15 is 0 Å². The van der Waals surface area contributed by atoms with Crippen LogP contribution in [0.15, 0.2) is 67.0 Å². The minimum Gasteiger partial charge on any atom is -0.324 e. The summed E-state index contributed by atoms with van der Waals surface area (Å²) in [5.41, 5.74) is 5.66. The number of nitrogens with one attached hydrogen (secondary N) is 2. The standard InChI is InChI=1S/C20H18FN7/c1-13-8-9-15(21)12-16(13)24-20-25-18(27-22)17(14-6-3-2-4-7-14)19(26-20)28-11-5-10-23-28/h2-12H,22H2,1H3,(H2,24,25,26,27). The number of anilines is 3. The fraction of sp³-hybridized carbons (Fsp3) is 0.0500. The number of aromatic nitrogens is 4. The number of nitrogens with zero attached hydrogens (tertiary/aromatic N) is 4. The minimum absolute atomic E-state index is 0.270. The van der Waals surface area contributed by atoms with Gasteiger partial charge >= 0.3 is 0 Å². The number of hydrazine groups is 1. The predicted molar refractivity (Wildman–Crippen MR) is 107 cm³/mol. The Morgan fingerprint density at radius 2 is 1.86 bits per heavy atom. The van der Waals surface area contributed by atoms with Gasteiger partial charge in [0, 0.05) is 18.1 Å². The van der Waals surface area contributed by atoms with Crippen molar-refractivity contribution in [2.45, 2.75) is 6.92 Å². The summed E-state index contributed by atoms with van der Waals surface area (Å²) in [4.78, 5) is 9.11. The molecule has 28 heavy (non-hydrogen) atoms. The summed E-state index contributed by atoms with van der Waals surface area (Å²) in [5, 5.41) is 7.37. The lowest BCUT2D eigenvalue weighted by molar-refractivity contribution is 0.628. The van der Waals surface area contributed by atoms with Crippen LogP contribution in [0.4, 0.5) is 21.8 Å². The fourth-order valence-corrected chi connectivity index (χ4v) is 2.89. The second-order valence-corrected chi connectivity index (χ2v) is 6.14. The third-order valence-corrected chi connectivity index (χ3v) is 4.26. The number of hydrogen-bond donors (Lipinski definition) is 3. The highest BCUT2D eigenvalue weighted by Crippen LogP contribution is 2.33. The normalized spacial score (nSPS) is 10.7. The Morgan fingerprint density at radius 1 is 1.04 bits per heavy atom. The largest absolute Gasteiger partial charge is 0.324 e. The number of hydrogen-bond acceptors (Lipinski definition) is 6. The van der Waals surface area contributed by atoms with Crippen molar-refractivity contribution in [1.82, 2.24) is 19.7 Å². The first kappa shape index (κ1) is 17.6. The lowest BCUT2D eigenvalue weighted by Crippen LogP contribution is -2.15. The molecule has 0 bridgehead atoms. The van der Waals surface area contributed by atoms with Gasteiger partial charge < -0.3 is 10.7 Å². The Kier molecular flexibility index (Phi) is 4.69. The van der Waals surface area contributed by atoms with Crippen molar-refractivity contribution in [3.63, 3.8) is 0 Å². The maximum absolute atomic E-state index is 13.7. The molecule has 0 unspecified atom stereocenters. The average Bonchev–Trinajstić information content (AvgIpc) is 3.25. The van der Waals surface area contributed by atoms with Crippen molar-refractivity contribution in [2.75, 3.05) is 10.7 Å². The molecule has 0 fully saturated rings. The first-order valence-corrected chi connectivity index (χ1v) is 8.63. The maximum Gasteiger partial charge on any atom is 0.231 e. The number of benzene rings is 2. The summed E-state index contributed by atoms with van der Waals surface area (Å²) < 4.78 is 15.3. The molecule has 0 spiro atoms. The molecule has 0 aliphatic rings. The summed E-state index contributed by atoms with van der Waals surface area (Å²) in [6.45, 7) is 1.87. The van der Waals surface area contributed by atoms with Crippen LogP contribution in [0, 0.1) is 12.7 Å². The molecule has 0 atom stereocenters. The monoisotopic (exact) mass is 375 g/mol. The molecule has 0 saturated carbocycles. The highest BCUT2D eigenvalue weighted by molar-refractivity contribution is 5.82. The third kappa shape index (κ3) is 3.40. The molecule has 0 radical (unpaired) electrons. The van der Waals surface area contributed by atoms with Crippen LogP contribution in [0.2, 0.25) is 0 Å². The van der Waals surface area contributed by atoms with Gasteiger partial charge in [0.2, 0.25) is 5.95 Å². The van der Waals surface area contributed by atoms with Crippen molar-refractivity contribution >= 4 is 17.5 Å². The molecule has 0 aliphatic heterocycles. The van der Waals surface area contributed by atoms with Crippen LogP contribution in [0.25, 0.3) is 16.9 Å². The molecular weight excluding hydrogens is 357 g/mol. The summed E-state index contributed by atoms with van der Waals surface area (Å²) in [7, 11) is 0. The number of nitrogens with two attached hydrogens (primary N) is 1. The molecule has 4 aromatic rings. The highest BCUT2D eigenvalue weighted by atomic mass is 19.1. The van der Waals surface area contributed by atoms with Gasteiger partial charge in [-0.25, -0.2) is 14.9 Å². The lowest BCUT2D eigenvalue weighted by atomic mass is 10.1. The molecule has 0 aliphatic carbocycles. The van der Waals surface area contributed by atoms with E-state index in [0.717, 1.165) is 11.1 Å². The van der Waals surface area contributed by atoms with Gasteiger partial charge in [-0.1, -0.05) is 36.4 Å². The molecule has 2 aromatic carbocycles. The number of rotatable bonds is 5. The van der Waals surface area contributed by atoms with Crippen molar-refractivity contribution in [3.8, 4) is 16.9 Å². The van der Waals surface area contributed by atoms with Gasteiger partial charge in [-0.2, -0.15) is 15.1 Å². The van der Waals surface area contributed by atoms with E-state index in [9.17, 15) is 4.39 Å². The number of halogens is 1. The number of aryl methyl sites for hydroxylation is 1. The molecule has 8 heteroatoms. The summed E-state index contributed by atoms with van der Waals surface area (Å²) in [6, 6.07) is 15.9. The zero-order valence-corrected chi connectivity index (χ0v) is 15.1. The highest BCUT2D eigenvalue weighted by Gasteiger charge is 2.18. The van der Waals surface area contributed by atoms with Crippen LogP contribution >= 0.6 is 0 Å². The molecule has 0 amide bonds. The lowest BCUT2D eigenvalue weighted by Gasteiger charge is -2.16. The second kappa shape index (κ2) is 7.45. The maximum atomic E-state index is 13.7. The SMILES string of the molecule is Cc1ccc(F)cc1Nc1nc(NN)c(-c2ccccc2)c(-n2cccn2)n1. The molecule has 2 heterocycles. The topological polar surface area (TPSA) is 93.7 Å². The van der Waals surface area contributed by atoms with E-state index in [4.69, 9.17) is 5.84 Å². The molecular formula is C20H18FN7. The zero-order chi connectivity index (χ0) is 19.5. The third-order valence-electron chi connectivity index (χ3n) is 4.26. The van der Waals surface area contributed by atoms with E-state index in [0.29, 0.717) is 22.9 Å². The van der Waals surface area contributed by atoms with Gasteiger partial charge in [-0.15, -0.1) is 0 Å². The molecule has 4 rings (SSSR count). The van der Waals surface area contributed by atoms with Crippen LogP contribution in [0.5, 0.6) is 0 Å². The van der Waals surface area contributed by atoms with Crippen molar-refractivity contribution in [1.29, 1.82) is 0 Å². The minimum atomic E-state index is -0.349. The van der Waals surface area contributed by atoms with E-state index in [1.165, 1.54) is 12.1 Å². The summed E-state index contributed by atoms with van der Waals surface area (Å²) in [6.07, 6.45) is 3.45. The average molecular weight is 375 g/mol. The van der Waals surface area contributed by atoms with Gasteiger partial charge in [-0.05, 0) is 36.2 Å². The van der Waals surface area contributed by atoms with Crippen LogP contribution in [-0.2, 0) is 0 Å². The fourth-order valence-electron chi connectivity index (χ4n) is 2.89. The van der Waals surface area contributed by atoms with Crippen LogP contribution in [-0.4, -0.2) is 19.7 Å². The van der Waals surface area contributed by atoms with E-state index in [1.807, 2.05) is 37.3 Å². The van der Waals surface area contributed by atoms with Crippen LogP contribution < -0.4 is 16.6 Å². The Bertz CT molecular complexity index is 1100. The molecule has 0 saturated heterocycles. The van der Waals surface area contributed by atoms with Gasteiger partial charge in [0.05, 0.1) is 5.56 Å². The quantitative estimate of drug-likeness (QED) is 0.363. The Balaban J connectivity index is 1.88. The Morgan fingerprint density at radius 3 is 2.57 bits per heavy atom. The van der Waals surface area contributed by atoms with Crippen molar-refractivity contribution in [3.05, 3.63) is 78.4 Å². The predicted octanol–water partition coefficient (Wildman–Crippen LogP) is 3.81. The second-order valence-electron chi connectivity index (χ2n) is 6.14. The Labute approximate surface area is 161 Å². The van der Waals surface area contributed by atoms with E-state index in [1.54, 1.807) is 29.2 Å². The van der Waals surface area contributed by atoms with E-state index in [2.05, 4.69) is 25.8 Å². The summed E-state index contributed by atoms with van der Waals surface area (Å²) >= 11 is 0. The van der Waals surface area contributed by atoms with Gasteiger partial charge in [-0.3, -0.25) is 0 Å². The van der Waals surface area contributed by atoms with E-state index < -0.39 is 0 Å². The molecule has 7 nitrogen and oxygen atoms in total. The van der Waals surface area contributed by atoms with E-state index in [-0.39, 0.29) is 11.8 Å². The Hall–Kier alpha value is -3.78. The van der Waals surface area contributed by atoms with Crippen LogP contribution in [0.3, 0.4) is 0 Å². The van der Waals surface area contributed by atoms with Crippen molar-refractivity contribution < 1.29 is 4.39 Å². The van der Waals surface area contributed by atoms with Gasteiger partial charge in [0.25, 0.3) is 0 Å². The first-order valence-electron chi connectivity index (χ1n) is 8.63. The van der Waals surface area contributed by atoms with Crippen molar-refractivity contribution in [2.24, 2.45) is 5.84 Å². The summed E-state index contributed by atoms with van der Waals surface area (Å²) in [5.74, 6) is 6.65. The van der Waals surface area contributed by atoms with Crippen LogP contribution in [0.1, 0.15) is 5.56 Å². The molecule has 4 N–H and O–H groups in total. The molecule has 140 valence electrons. The molecule has 2 aromatic heterocycles. The first-order chi connectivity index (χ1) is 13.7. The zero-order valence-electron chi connectivity index (χ0n) is 15.1.